The molecular formula is C21H24O. The van der Waals surface area contributed by atoms with Crippen molar-refractivity contribution in [1.82, 2.24) is 0 Å². The van der Waals surface area contributed by atoms with E-state index in [1.807, 2.05) is 12.1 Å². The van der Waals surface area contributed by atoms with Crippen LogP contribution >= 0.6 is 0 Å². The first kappa shape index (κ1) is 15.0. The van der Waals surface area contributed by atoms with E-state index in [0.717, 1.165) is 48.6 Å². The molecule has 1 nitrogen and oxygen atoms in total. The van der Waals surface area contributed by atoms with Gasteiger partial charge < -0.3 is 0 Å². The molecule has 0 bridgehead atoms. The summed E-state index contributed by atoms with van der Waals surface area (Å²) in [7, 11) is 0. The number of unbranched alkanes of at least 4 members (excludes halogenated alkanes) is 1. The molecule has 114 valence electrons. The summed E-state index contributed by atoms with van der Waals surface area (Å²) in [5, 5.41) is 2.30. The molecule has 0 heterocycles. The van der Waals surface area contributed by atoms with Gasteiger partial charge in [-0.05, 0) is 46.7 Å². The molecular weight excluding hydrogens is 268 g/mol. The first-order valence-electron chi connectivity index (χ1n) is 8.43. The second-order valence-corrected chi connectivity index (χ2v) is 6.41. The lowest BCUT2D eigenvalue weighted by Crippen LogP contribution is -2.13. The van der Waals surface area contributed by atoms with Crippen LogP contribution in [0.15, 0.2) is 36.9 Å². The summed E-state index contributed by atoms with van der Waals surface area (Å²) in [6, 6.07) is 10.6. The molecule has 1 aliphatic rings. The van der Waals surface area contributed by atoms with E-state index >= 15 is 0 Å². The van der Waals surface area contributed by atoms with E-state index < -0.39 is 0 Å². The lowest BCUT2D eigenvalue weighted by molar-refractivity contribution is 0.0917. The lowest BCUT2D eigenvalue weighted by Gasteiger charge is -2.13. The van der Waals surface area contributed by atoms with E-state index in [1.165, 1.54) is 16.5 Å². The smallest absolute Gasteiger partial charge is 0.166 e. The molecule has 3 rings (SSSR count). The third-order valence-corrected chi connectivity index (χ3v) is 4.86. The predicted octanol–water partition coefficient (Wildman–Crippen LogP) is 5.81. The summed E-state index contributed by atoms with van der Waals surface area (Å²) < 4.78 is 0. The van der Waals surface area contributed by atoms with Gasteiger partial charge in [0, 0.05) is 11.5 Å². The molecule has 0 aliphatic heterocycles. The first-order chi connectivity index (χ1) is 10.7. The maximum Gasteiger partial charge on any atom is 0.166 e. The quantitative estimate of drug-likeness (QED) is 0.695. The Balaban J connectivity index is 2.20. The van der Waals surface area contributed by atoms with Crippen molar-refractivity contribution in [3.05, 3.63) is 53.6 Å². The number of hydrogen-bond acceptors (Lipinski definition) is 1. The molecule has 0 saturated carbocycles. The second-order valence-electron chi connectivity index (χ2n) is 6.41. The molecule has 2 aromatic carbocycles. The number of carbonyl (C=O) groups excluding carboxylic acids is 1. The van der Waals surface area contributed by atoms with Crippen molar-refractivity contribution in [2.24, 2.45) is 5.92 Å². The number of Topliss-reactive ketones (excluding diaryl/α,β-unsaturated/α-hetero) is 1. The second kappa shape index (κ2) is 6.08. The zero-order valence-electron chi connectivity index (χ0n) is 13.6. The molecule has 2 aromatic rings. The van der Waals surface area contributed by atoms with E-state index in [-0.39, 0.29) is 5.92 Å². The maximum absolute atomic E-state index is 13.0. The van der Waals surface area contributed by atoms with Gasteiger partial charge >= 0.3 is 0 Å². The Hall–Kier alpha value is -1.89. The third-order valence-electron chi connectivity index (χ3n) is 4.86. The lowest BCUT2D eigenvalue weighted by atomic mass is 9.89. The van der Waals surface area contributed by atoms with E-state index in [4.69, 9.17) is 0 Å². The Labute approximate surface area is 133 Å². The predicted molar refractivity (Wildman–Crippen MR) is 94.3 cm³/mol. The Morgan fingerprint density at radius 1 is 1.18 bits per heavy atom. The summed E-state index contributed by atoms with van der Waals surface area (Å²) in [6.45, 7) is 8.67. The Bertz CT molecular complexity index is 739. The van der Waals surface area contributed by atoms with Crippen molar-refractivity contribution in [2.45, 2.75) is 46.0 Å². The van der Waals surface area contributed by atoms with Gasteiger partial charge in [0.2, 0.25) is 0 Å². The van der Waals surface area contributed by atoms with Crippen LogP contribution in [-0.4, -0.2) is 5.78 Å². The fraction of sp³-hybridized carbons (Fsp3) is 0.381. The van der Waals surface area contributed by atoms with Crippen LogP contribution in [0.2, 0.25) is 0 Å². The van der Waals surface area contributed by atoms with Crippen LogP contribution in [0, 0.1) is 5.92 Å². The van der Waals surface area contributed by atoms with E-state index in [1.54, 1.807) is 0 Å². The van der Waals surface area contributed by atoms with Gasteiger partial charge in [-0.25, -0.2) is 0 Å². The van der Waals surface area contributed by atoms with Crippen LogP contribution in [-0.2, 0) is 6.42 Å². The summed E-state index contributed by atoms with van der Waals surface area (Å²) in [5.74, 6) is 0.402. The van der Waals surface area contributed by atoms with Gasteiger partial charge in [0.15, 0.2) is 5.78 Å². The SMILES string of the molecule is C=C1CC(CCCC)C(=O)c2cccc3cc(CC)cc1c23. The van der Waals surface area contributed by atoms with Crippen LogP contribution < -0.4 is 0 Å². The highest BCUT2D eigenvalue weighted by atomic mass is 16.1. The van der Waals surface area contributed by atoms with Gasteiger partial charge in [-0.2, -0.15) is 0 Å². The van der Waals surface area contributed by atoms with E-state index in [0.29, 0.717) is 5.78 Å². The molecule has 0 radical (unpaired) electrons. The van der Waals surface area contributed by atoms with Crippen molar-refractivity contribution in [1.29, 1.82) is 0 Å². The highest BCUT2D eigenvalue weighted by Gasteiger charge is 2.27. The molecule has 0 spiro atoms. The van der Waals surface area contributed by atoms with Crippen LogP contribution in [0.4, 0.5) is 0 Å². The van der Waals surface area contributed by atoms with Gasteiger partial charge in [0.05, 0.1) is 0 Å². The van der Waals surface area contributed by atoms with Gasteiger partial charge in [0.1, 0.15) is 0 Å². The summed E-state index contributed by atoms with van der Waals surface area (Å²) >= 11 is 0. The summed E-state index contributed by atoms with van der Waals surface area (Å²) in [4.78, 5) is 13.0. The molecule has 1 aliphatic carbocycles. The minimum absolute atomic E-state index is 0.0931. The standard InChI is InChI=1S/C21H24O/c1-4-6-8-17-11-14(3)19-13-15(5-2)12-16-9-7-10-18(20(16)19)21(17)22/h7,9-10,12-13,17H,3-6,8,11H2,1-2H3. The molecule has 0 fully saturated rings. The fourth-order valence-corrected chi connectivity index (χ4v) is 3.58. The molecule has 1 atom stereocenters. The maximum atomic E-state index is 13.0. The van der Waals surface area contributed by atoms with Crippen LogP contribution in [0.25, 0.3) is 16.3 Å². The molecule has 0 aromatic heterocycles. The zero-order chi connectivity index (χ0) is 15.7. The minimum atomic E-state index is 0.0931. The van der Waals surface area contributed by atoms with Gasteiger partial charge in [-0.3, -0.25) is 4.79 Å². The summed E-state index contributed by atoms with van der Waals surface area (Å²) in [5.41, 5.74) is 4.53. The number of ketones is 1. The van der Waals surface area contributed by atoms with Crippen LogP contribution in [0.5, 0.6) is 0 Å². The molecule has 1 heteroatoms. The Morgan fingerprint density at radius 3 is 2.73 bits per heavy atom. The first-order valence-corrected chi connectivity index (χ1v) is 8.43. The number of allylic oxidation sites excluding steroid dienone is 1. The highest BCUT2D eigenvalue weighted by molar-refractivity contribution is 6.14. The molecule has 0 amide bonds. The van der Waals surface area contributed by atoms with Gasteiger partial charge in [-0.1, -0.05) is 63.6 Å². The Kier molecular flexibility index (Phi) is 4.15. The van der Waals surface area contributed by atoms with Gasteiger partial charge in [0.25, 0.3) is 0 Å². The third kappa shape index (κ3) is 2.49. The molecule has 22 heavy (non-hydrogen) atoms. The molecule has 0 N–H and O–H groups in total. The van der Waals surface area contributed by atoms with Gasteiger partial charge in [-0.15, -0.1) is 0 Å². The largest absolute Gasteiger partial charge is 0.294 e. The normalized spacial score (nSPS) is 17.8. The van der Waals surface area contributed by atoms with Crippen molar-refractivity contribution in [2.75, 3.05) is 0 Å². The van der Waals surface area contributed by atoms with Crippen LogP contribution in [0.3, 0.4) is 0 Å². The monoisotopic (exact) mass is 292 g/mol. The Morgan fingerprint density at radius 2 is 2.00 bits per heavy atom. The number of hydrogen-bond donors (Lipinski definition) is 0. The van der Waals surface area contributed by atoms with E-state index in [2.05, 4.69) is 38.6 Å². The topological polar surface area (TPSA) is 17.1 Å². The van der Waals surface area contributed by atoms with Crippen molar-refractivity contribution in [3.8, 4) is 0 Å². The van der Waals surface area contributed by atoms with Crippen molar-refractivity contribution >= 4 is 22.1 Å². The summed E-state index contributed by atoms with van der Waals surface area (Å²) in [6.07, 6.45) is 5.02. The van der Waals surface area contributed by atoms with Crippen molar-refractivity contribution in [3.63, 3.8) is 0 Å². The van der Waals surface area contributed by atoms with Crippen molar-refractivity contribution < 1.29 is 4.79 Å². The number of aryl methyl sites for hydroxylation is 1. The number of benzene rings is 2. The zero-order valence-corrected chi connectivity index (χ0v) is 13.6. The fourth-order valence-electron chi connectivity index (χ4n) is 3.58. The highest BCUT2D eigenvalue weighted by Crippen LogP contribution is 2.38. The van der Waals surface area contributed by atoms with E-state index in [9.17, 15) is 4.79 Å². The minimum Gasteiger partial charge on any atom is -0.294 e. The number of rotatable bonds is 4. The van der Waals surface area contributed by atoms with Crippen LogP contribution in [0.1, 0.15) is 61.0 Å². The average Bonchev–Trinajstić information content (AvgIpc) is 2.64. The number of carbonyl (C=O) groups is 1. The molecule has 1 unspecified atom stereocenters. The molecule has 0 saturated heterocycles. The average molecular weight is 292 g/mol.